The van der Waals surface area contributed by atoms with Crippen molar-refractivity contribution in [2.45, 2.75) is 39.2 Å². The Morgan fingerprint density at radius 3 is 2.55 bits per heavy atom. The van der Waals surface area contributed by atoms with Gasteiger partial charge >= 0.3 is 5.69 Å². The van der Waals surface area contributed by atoms with Crippen molar-refractivity contribution in [3.05, 3.63) is 34.1 Å². The standard InChI is InChI=1S/C14H16FNO4/c1-3-14(4-2)12(17)8-13(14)20-9-5-6-11(16(18)19)10(15)7-9/h5-7,13H,3-4,8H2,1-2H3. The molecule has 1 saturated carbocycles. The van der Waals surface area contributed by atoms with Gasteiger partial charge in [0.1, 0.15) is 17.6 Å². The van der Waals surface area contributed by atoms with Crippen molar-refractivity contribution in [1.29, 1.82) is 0 Å². The summed E-state index contributed by atoms with van der Waals surface area (Å²) in [6, 6.07) is 3.43. The molecular weight excluding hydrogens is 265 g/mol. The van der Waals surface area contributed by atoms with Gasteiger partial charge in [-0.25, -0.2) is 0 Å². The minimum atomic E-state index is -0.934. The fourth-order valence-electron chi connectivity index (χ4n) is 2.74. The zero-order valence-corrected chi connectivity index (χ0v) is 11.4. The molecule has 1 atom stereocenters. The summed E-state index contributed by atoms with van der Waals surface area (Å²) in [6.07, 6.45) is 1.36. The van der Waals surface area contributed by atoms with Gasteiger partial charge in [0.15, 0.2) is 0 Å². The van der Waals surface area contributed by atoms with Crippen LogP contribution in [0.25, 0.3) is 0 Å². The summed E-state index contributed by atoms with van der Waals surface area (Å²) < 4.78 is 19.2. The number of Topliss-reactive ketones (excluding diaryl/α,β-unsaturated/α-hetero) is 1. The first-order chi connectivity index (χ1) is 9.44. The van der Waals surface area contributed by atoms with Crippen molar-refractivity contribution in [1.82, 2.24) is 0 Å². The molecule has 20 heavy (non-hydrogen) atoms. The van der Waals surface area contributed by atoms with Gasteiger partial charge in [-0.2, -0.15) is 4.39 Å². The Bertz CT molecular complexity index is 554. The zero-order valence-electron chi connectivity index (χ0n) is 11.4. The summed E-state index contributed by atoms with van der Waals surface area (Å²) in [5.74, 6) is -0.552. The van der Waals surface area contributed by atoms with Crippen LogP contribution in [0.5, 0.6) is 5.75 Å². The Labute approximate surface area is 115 Å². The van der Waals surface area contributed by atoms with Gasteiger partial charge in [0.05, 0.1) is 10.3 Å². The topological polar surface area (TPSA) is 69.4 Å². The van der Waals surface area contributed by atoms with Crippen LogP contribution in [0.1, 0.15) is 33.1 Å². The van der Waals surface area contributed by atoms with Gasteiger partial charge in [0, 0.05) is 18.6 Å². The second-order valence-electron chi connectivity index (χ2n) is 4.97. The number of ketones is 1. The summed E-state index contributed by atoms with van der Waals surface area (Å²) in [5, 5.41) is 10.5. The van der Waals surface area contributed by atoms with E-state index in [1.165, 1.54) is 6.07 Å². The highest BCUT2D eigenvalue weighted by Gasteiger charge is 2.53. The molecule has 0 spiro atoms. The number of hydrogen-bond acceptors (Lipinski definition) is 4. The molecule has 0 N–H and O–H groups in total. The average molecular weight is 281 g/mol. The molecule has 6 heteroatoms. The Morgan fingerprint density at radius 1 is 1.45 bits per heavy atom. The van der Waals surface area contributed by atoms with E-state index < -0.39 is 21.8 Å². The van der Waals surface area contributed by atoms with Crippen molar-refractivity contribution in [3.63, 3.8) is 0 Å². The second-order valence-corrected chi connectivity index (χ2v) is 4.97. The van der Waals surface area contributed by atoms with Gasteiger partial charge in [-0.1, -0.05) is 13.8 Å². The van der Waals surface area contributed by atoms with Gasteiger partial charge in [-0.3, -0.25) is 14.9 Å². The van der Waals surface area contributed by atoms with Gasteiger partial charge in [0.25, 0.3) is 0 Å². The third kappa shape index (κ3) is 2.15. The SMILES string of the molecule is CCC1(CC)C(=O)CC1Oc1ccc([N+](=O)[O-])c(F)c1. The van der Waals surface area contributed by atoms with E-state index in [1.54, 1.807) is 0 Å². The molecule has 108 valence electrons. The third-order valence-corrected chi connectivity index (χ3v) is 4.20. The Hall–Kier alpha value is -1.98. The number of ether oxygens (including phenoxy) is 1. The highest BCUT2D eigenvalue weighted by atomic mass is 19.1. The number of rotatable bonds is 5. The quantitative estimate of drug-likeness (QED) is 0.613. The summed E-state index contributed by atoms with van der Waals surface area (Å²) in [4.78, 5) is 21.5. The van der Waals surface area contributed by atoms with Crippen LogP contribution in [0.2, 0.25) is 0 Å². The van der Waals surface area contributed by atoms with E-state index >= 15 is 0 Å². The molecule has 0 radical (unpaired) electrons. The van der Waals surface area contributed by atoms with E-state index in [9.17, 15) is 19.3 Å². The number of nitro groups is 1. The number of nitrogens with zero attached hydrogens (tertiary/aromatic N) is 1. The molecule has 5 nitrogen and oxygen atoms in total. The maximum atomic E-state index is 13.5. The van der Waals surface area contributed by atoms with E-state index in [-0.39, 0.29) is 17.6 Å². The van der Waals surface area contributed by atoms with Crippen LogP contribution in [0, 0.1) is 21.3 Å². The number of nitro benzene ring substituents is 1. The van der Waals surface area contributed by atoms with E-state index in [2.05, 4.69) is 0 Å². The molecule has 0 aliphatic heterocycles. The molecule has 1 aromatic carbocycles. The number of halogens is 1. The number of hydrogen-bond donors (Lipinski definition) is 0. The molecule has 0 bridgehead atoms. The first-order valence-corrected chi connectivity index (χ1v) is 6.58. The van der Waals surface area contributed by atoms with Gasteiger partial charge in [-0.15, -0.1) is 0 Å². The molecule has 1 aliphatic rings. The minimum Gasteiger partial charge on any atom is -0.489 e. The van der Waals surface area contributed by atoms with Crippen LogP contribution in [-0.2, 0) is 4.79 Å². The van der Waals surface area contributed by atoms with Crippen molar-refractivity contribution in [2.75, 3.05) is 0 Å². The largest absolute Gasteiger partial charge is 0.489 e. The molecule has 1 aliphatic carbocycles. The minimum absolute atomic E-state index is 0.162. The van der Waals surface area contributed by atoms with Gasteiger partial charge < -0.3 is 4.74 Å². The second kappa shape index (κ2) is 5.19. The van der Waals surface area contributed by atoms with E-state index in [0.29, 0.717) is 19.3 Å². The van der Waals surface area contributed by atoms with Gasteiger partial charge in [0.2, 0.25) is 5.82 Å². The monoisotopic (exact) mass is 281 g/mol. The van der Waals surface area contributed by atoms with Crippen LogP contribution in [-0.4, -0.2) is 16.8 Å². The van der Waals surface area contributed by atoms with Gasteiger partial charge in [-0.05, 0) is 18.9 Å². The first-order valence-electron chi connectivity index (χ1n) is 6.58. The van der Waals surface area contributed by atoms with Crippen LogP contribution < -0.4 is 4.74 Å². The van der Waals surface area contributed by atoms with Crippen LogP contribution >= 0.6 is 0 Å². The summed E-state index contributed by atoms with van der Waals surface area (Å²) >= 11 is 0. The highest BCUT2D eigenvalue weighted by molar-refractivity contribution is 5.92. The average Bonchev–Trinajstić information content (AvgIpc) is 2.39. The normalized spacial score (nSPS) is 20.4. The maximum Gasteiger partial charge on any atom is 0.305 e. The molecule has 0 heterocycles. The Kier molecular flexibility index (Phi) is 3.74. The van der Waals surface area contributed by atoms with Crippen molar-refractivity contribution in [2.24, 2.45) is 5.41 Å². The predicted molar refractivity (Wildman–Crippen MR) is 70.1 cm³/mol. The number of carbonyl (C=O) groups is 1. The molecule has 0 saturated heterocycles. The summed E-state index contributed by atoms with van der Waals surface area (Å²) in [7, 11) is 0. The number of benzene rings is 1. The fourth-order valence-corrected chi connectivity index (χ4v) is 2.74. The van der Waals surface area contributed by atoms with Crippen LogP contribution in [0.15, 0.2) is 18.2 Å². The molecule has 1 unspecified atom stereocenters. The smallest absolute Gasteiger partial charge is 0.305 e. The van der Waals surface area contributed by atoms with Crippen LogP contribution in [0.3, 0.4) is 0 Å². The summed E-state index contributed by atoms with van der Waals surface area (Å²) in [6.45, 7) is 3.85. The summed E-state index contributed by atoms with van der Waals surface area (Å²) in [5.41, 5.74) is -1.09. The fraction of sp³-hybridized carbons (Fsp3) is 0.500. The van der Waals surface area contributed by atoms with E-state index in [4.69, 9.17) is 4.74 Å². The van der Waals surface area contributed by atoms with Crippen LogP contribution in [0.4, 0.5) is 10.1 Å². The van der Waals surface area contributed by atoms with E-state index in [1.807, 2.05) is 13.8 Å². The Balaban J connectivity index is 2.17. The molecule has 0 aromatic heterocycles. The Morgan fingerprint density at radius 2 is 2.10 bits per heavy atom. The lowest BCUT2D eigenvalue weighted by Crippen LogP contribution is -2.56. The van der Waals surface area contributed by atoms with E-state index in [0.717, 1.165) is 12.1 Å². The lowest BCUT2D eigenvalue weighted by Gasteiger charge is -2.46. The molecular formula is C14H16FNO4. The molecule has 1 fully saturated rings. The predicted octanol–water partition coefficient (Wildman–Crippen LogP) is 3.26. The third-order valence-electron chi connectivity index (χ3n) is 4.20. The lowest BCUT2D eigenvalue weighted by atomic mass is 9.61. The zero-order chi connectivity index (χ0) is 14.9. The molecule has 0 amide bonds. The lowest BCUT2D eigenvalue weighted by molar-refractivity contribution is -0.387. The first kappa shape index (κ1) is 14.4. The van der Waals surface area contributed by atoms with Crippen molar-refractivity contribution >= 4 is 11.5 Å². The molecule has 1 aromatic rings. The number of carbonyl (C=O) groups excluding carboxylic acids is 1. The maximum absolute atomic E-state index is 13.5. The van der Waals surface area contributed by atoms with Crippen molar-refractivity contribution < 1.29 is 18.8 Å². The van der Waals surface area contributed by atoms with Crippen molar-refractivity contribution in [3.8, 4) is 5.75 Å². The highest BCUT2D eigenvalue weighted by Crippen LogP contribution is 2.45. The molecule has 2 rings (SSSR count).